The van der Waals surface area contributed by atoms with Gasteiger partial charge in [-0.15, -0.1) is 0 Å². The number of thiazole rings is 1. The number of benzene rings is 1. The Morgan fingerprint density at radius 2 is 1.96 bits per heavy atom. The molecular formula is C21H30N4OS. The second-order valence-corrected chi connectivity index (χ2v) is 8.93. The van der Waals surface area contributed by atoms with E-state index in [0.717, 1.165) is 62.8 Å². The van der Waals surface area contributed by atoms with Crippen LogP contribution in [0.3, 0.4) is 0 Å². The fourth-order valence-electron chi connectivity index (χ4n) is 4.16. The molecule has 1 aromatic heterocycles. The number of hydrogen-bond acceptors (Lipinski definition) is 5. The highest BCUT2D eigenvalue weighted by molar-refractivity contribution is 7.22. The minimum absolute atomic E-state index is 0.262. The first-order chi connectivity index (χ1) is 13.2. The standard InChI is InChI=1S/C21H30N4OS/c1-16-7-8-18-19(15-16)27-21(23-18)25-13-11-24(12-14-25)10-9-22-20(26)17-5-3-2-4-6-17/h7-8,15,17H,2-6,9-14H2,1H3,(H,22,26). The highest BCUT2D eigenvalue weighted by Crippen LogP contribution is 2.30. The van der Waals surface area contributed by atoms with Crippen molar-refractivity contribution in [1.29, 1.82) is 0 Å². The van der Waals surface area contributed by atoms with E-state index in [1.165, 1.54) is 29.5 Å². The molecule has 146 valence electrons. The van der Waals surface area contributed by atoms with E-state index in [9.17, 15) is 4.79 Å². The number of hydrogen-bond donors (Lipinski definition) is 1. The number of nitrogens with one attached hydrogen (secondary N) is 1. The molecule has 1 amide bonds. The zero-order valence-electron chi connectivity index (χ0n) is 16.2. The number of carbonyl (C=O) groups is 1. The van der Waals surface area contributed by atoms with Gasteiger partial charge >= 0.3 is 0 Å². The van der Waals surface area contributed by atoms with Gasteiger partial charge in [0.2, 0.25) is 5.91 Å². The van der Waals surface area contributed by atoms with Crippen molar-refractivity contribution < 1.29 is 4.79 Å². The van der Waals surface area contributed by atoms with Crippen molar-refractivity contribution in [3.05, 3.63) is 23.8 Å². The molecule has 27 heavy (non-hydrogen) atoms. The molecule has 1 aliphatic heterocycles. The van der Waals surface area contributed by atoms with Gasteiger partial charge < -0.3 is 10.2 Å². The summed E-state index contributed by atoms with van der Waals surface area (Å²) in [6.07, 6.45) is 5.87. The van der Waals surface area contributed by atoms with Crippen molar-refractivity contribution in [2.24, 2.45) is 5.92 Å². The molecular weight excluding hydrogens is 356 g/mol. The Hall–Kier alpha value is -1.66. The lowest BCUT2D eigenvalue weighted by molar-refractivity contribution is -0.125. The van der Waals surface area contributed by atoms with Crippen molar-refractivity contribution in [3.63, 3.8) is 0 Å². The number of nitrogens with zero attached hydrogens (tertiary/aromatic N) is 3. The number of rotatable bonds is 5. The third-order valence-corrected chi connectivity index (χ3v) is 6.96. The summed E-state index contributed by atoms with van der Waals surface area (Å²) in [7, 11) is 0. The Labute approximate surface area is 165 Å². The van der Waals surface area contributed by atoms with Gasteiger partial charge in [0.15, 0.2) is 5.13 Å². The lowest BCUT2D eigenvalue weighted by atomic mass is 9.89. The van der Waals surface area contributed by atoms with Crippen molar-refractivity contribution in [1.82, 2.24) is 15.2 Å². The van der Waals surface area contributed by atoms with Crippen LogP contribution in [0.15, 0.2) is 18.2 Å². The van der Waals surface area contributed by atoms with Gasteiger partial charge in [0.1, 0.15) is 0 Å². The summed E-state index contributed by atoms with van der Waals surface area (Å²) in [6.45, 7) is 7.94. The van der Waals surface area contributed by atoms with Gasteiger partial charge in [0.05, 0.1) is 10.2 Å². The van der Waals surface area contributed by atoms with Crippen LogP contribution in [0, 0.1) is 12.8 Å². The molecule has 2 heterocycles. The van der Waals surface area contributed by atoms with E-state index >= 15 is 0 Å². The molecule has 6 heteroatoms. The summed E-state index contributed by atoms with van der Waals surface area (Å²) >= 11 is 1.80. The van der Waals surface area contributed by atoms with E-state index in [0.29, 0.717) is 0 Å². The monoisotopic (exact) mass is 386 g/mol. The molecule has 2 aromatic rings. The lowest BCUT2D eigenvalue weighted by Gasteiger charge is -2.34. The third-order valence-electron chi connectivity index (χ3n) is 5.88. The highest BCUT2D eigenvalue weighted by Gasteiger charge is 2.22. The third kappa shape index (κ3) is 4.61. The molecule has 5 nitrogen and oxygen atoms in total. The Morgan fingerprint density at radius 3 is 2.74 bits per heavy atom. The topological polar surface area (TPSA) is 48.5 Å². The summed E-state index contributed by atoms with van der Waals surface area (Å²) in [5, 5.41) is 4.30. The molecule has 1 aromatic carbocycles. The van der Waals surface area contributed by atoms with Crippen molar-refractivity contribution >= 4 is 32.6 Å². The van der Waals surface area contributed by atoms with Crippen LogP contribution in [0.5, 0.6) is 0 Å². The zero-order valence-corrected chi connectivity index (χ0v) is 17.1. The maximum Gasteiger partial charge on any atom is 0.223 e. The van der Waals surface area contributed by atoms with Crippen molar-refractivity contribution in [3.8, 4) is 0 Å². The van der Waals surface area contributed by atoms with E-state index in [4.69, 9.17) is 4.98 Å². The van der Waals surface area contributed by atoms with Crippen molar-refractivity contribution in [2.75, 3.05) is 44.2 Å². The van der Waals surface area contributed by atoms with Gasteiger partial charge in [-0.2, -0.15) is 0 Å². The number of anilines is 1. The van der Waals surface area contributed by atoms with Crippen LogP contribution in [0.1, 0.15) is 37.7 Å². The summed E-state index contributed by atoms with van der Waals surface area (Å²) in [5.74, 6) is 0.538. The molecule has 0 bridgehead atoms. The van der Waals surface area contributed by atoms with Crippen molar-refractivity contribution in [2.45, 2.75) is 39.0 Å². The fourth-order valence-corrected chi connectivity index (χ4v) is 5.28. The minimum atomic E-state index is 0.262. The molecule has 1 N–H and O–H groups in total. The minimum Gasteiger partial charge on any atom is -0.355 e. The van der Waals surface area contributed by atoms with Crippen LogP contribution in [-0.4, -0.2) is 55.1 Å². The van der Waals surface area contributed by atoms with E-state index < -0.39 is 0 Å². The van der Waals surface area contributed by atoms with Gasteiger partial charge in [0.25, 0.3) is 0 Å². The highest BCUT2D eigenvalue weighted by atomic mass is 32.1. The van der Waals surface area contributed by atoms with Gasteiger partial charge in [-0.3, -0.25) is 9.69 Å². The number of aryl methyl sites for hydroxylation is 1. The predicted octanol–water partition coefficient (Wildman–Crippen LogP) is 3.42. The zero-order chi connectivity index (χ0) is 18.6. The average molecular weight is 387 g/mol. The second kappa shape index (κ2) is 8.57. The summed E-state index contributed by atoms with van der Waals surface area (Å²) in [4.78, 5) is 21.9. The van der Waals surface area contributed by atoms with Gasteiger partial charge in [-0.25, -0.2) is 4.98 Å². The number of carbonyl (C=O) groups excluding carboxylic acids is 1. The maximum atomic E-state index is 12.2. The van der Waals surface area contributed by atoms with Gasteiger partial charge in [0, 0.05) is 45.2 Å². The molecule has 0 unspecified atom stereocenters. The number of amides is 1. The Kier molecular flexibility index (Phi) is 5.93. The fraction of sp³-hybridized carbons (Fsp3) is 0.619. The predicted molar refractivity (Wildman–Crippen MR) is 113 cm³/mol. The molecule has 0 radical (unpaired) electrons. The van der Waals surface area contributed by atoms with E-state index in [2.05, 4.69) is 40.2 Å². The Morgan fingerprint density at radius 1 is 1.19 bits per heavy atom. The molecule has 4 rings (SSSR count). The smallest absolute Gasteiger partial charge is 0.223 e. The molecule has 1 saturated heterocycles. The van der Waals surface area contributed by atoms with E-state index in [1.807, 2.05) is 0 Å². The Bertz CT molecular complexity index is 776. The molecule has 0 spiro atoms. The van der Waals surface area contributed by atoms with Gasteiger partial charge in [-0.05, 0) is 37.5 Å². The Balaban J connectivity index is 1.22. The second-order valence-electron chi connectivity index (χ2n) is 7.92. The molecule has 1 saturated carbocycles. The lowest BCUT2D eigenvalue weighted by Crippen LogP contribution is -2.48. The van der Waals surface area contributed by atoms with E-state index in [-0.39, 0.29) is 11.8 Å². The van der Waals surface area contributed by atoms with Gasteiger partial charge in [-0.1, -0.05) is 36.7 Å². The number of aromatic nitrogens is 1. The SMILES string of the molecule is Cc1ccc2nc(N3CCN(CCNC(=O)C4CCCCC4)CC3)sc2c1. The normalized spacial score (nSPS) is 19.5. The van der Waals surface area contributed by atoms with Crippen LogP contribution >= 0.6 is 11.3 Å². The average Bonchev–Trinajstić information content (AvgIpc) is 3.12. The summed E-state index contributed by atoms with van der Waals surface area (Å²) < 4.78 is 1.28. The van der Waals surface area contributed by atoms with Crippen LogP contribution in [0.4, 0.5) is 5.13 Å². The van der Waals surface area contributed by atoms with Crippen LogP contribution in [0.25, 0.3) is 10.2 Å². The largest absolute Gasteiger partial charge is 0.355 e. The quantitative estimate of drug-likeness (QED) is 0.855. The molecule has 0 atom stereocenters. The first-order valence-electron chi connectivity index (χ1n) is 10.3. The molecule has 1 aliphatic carbocycles. The molecule has 2 fully saturated rings. The summed E-state index contributed by atoms with van der Waals surface area (Å²) in [5.41, 5.74) is 2.39. The van der Waals surface area contributed by atoms with Crippen LogP contribution in [-0.2, 0) is 4.79 Å². The van der Waals surface area contributed by atoms with Crippen LogP contribution < -0.4 is 10.2 Å². The van der Waals surface area contributed by atoms with Crippen LogP contribution in [0.2, 0.25) is 0 Å². The summed E-state index contributed by atoms with van der Waals surface area (Å²) in [6, 6.07) is 6.48. The van der Waals surface area contributed by atoms with E-state index in [1.54, 1.807) is 11.3 Å². The number of piperazine rings is 1. The maximum absolute atomic E-state index is 12.2. The first kappa shape index (κ1) is 18.7. The molecule has 2 aliphatic rings. The first-order valence-corrected chi connectivity index (χ1v) is 11.1. The number of fused-ring (bicyclic) bond motifs is 1.